The molecule has 0 spiro atoms. The van der Waals surface area contributed by atoms with Gasteiger partial charge in [-0.25, -0.2) is 13.4 Å². The maximum absolute atomic E-state index is 11.9. The van der Waals surface area contributed by atoms with Crippen LogP contribution in [0.2, 0.25) is 5.15 Å². The van der Waals surface area contributed by atoms with Crippen LogP contribution in [0.4, 0.5) is 5.82 Å². The highest BCUT2D eigenvalue weighted by Gasteiger charge is 2.16. The van der Waals surface area contributed by atoms with Crippen molar-refractivity contribution in [2.45, 2.75) is 4.90 Å². The highest BCUT2D eigenvalue weighted by Crippen LogP contribution is 2.15. The summed E-state index contributed by atoms with van der Waals surface area (Å²) in [5, 5.41) is 4.01. The molecule has 90 valence electrons. The second-order valence-electron chi connectivity index (χ2n) is 3.30. The predicted octanol–water partition coefficient (Wildman–Crippen LogP) is 1.27. The van der Waals surface area contributed by atoms with Crippen LogP contribution in [-0.4, -0.2) is 23.2 Å². The summed E-state index contributed by atoms with van der Waals surface area (Å²) in [6.45, 7) is 0. The van der Waals surface area contributed by atoms with E-state index in [-0.39, 0.29) is 15.9 Å². The minimum atomic E-state index is -3.66. The van der Waals surface area contributed by atoms with Gasteiger partial charge in [0.05, 0.1) is 6.20 Å². The third kappa shape index (κ3) is 2.75. The maximum Gasteiger partial charge on any atom is 0.266 e. The molecule has 0 aliphatic rings. The van der Waals surface area contributed by atoms with Crippen LogP contribution in [0.1, 0.15) is 0 Å². The molecular formula is C9H9ClN4O2S. The van der Waals surface area contributed by atoms with E-state index in [0.29, 0.717) is 0 Å². The van der Waals surface area contributed by atoms with Gasteiger partial charge in [-0.1, -0.05) is 17.7 Å². The van der Waals surface area contributed by atoms with Crippen LogP contribution in [0.25, 0.3) is 0 Å². The molecule has 2 rings (SSSR count). The number of hydrogen-bond acceptors (Lipinski definition) is 4. The minimum Gasteiger partial charge on any atom is -0.274 e. The third-order valence-corrected chi connectivity index (χ3v) is 3.47. The molecule has 6 nitrogen and oxygen atoms in total. The average Bonchev–Trinajstić information content (AvgIpc) is 2.65. The number of aryl methyl sites for hydroxylation is 1. The summed E-state index contributed by atoms with van der Waals surface area (Å²) < 4.78 is 27.5. The fourth-order valence-corrected chi connectivity index (χ4v) is 2.35. The number of rotatable bonds is 3. The first-order valence-electron chi connectivity index (χ1n) is 4.61. The molecule has 0 aliphatic heterocycles. The molecular weight excluding hydrogens is 264 g/mol. The first-order valence-corrected chi connectivity index (χ1v) is 6.47. The lowest BCUT2D eigenvalue weighted by molar-refractivity contribution is 0.601. The molecule has 2 aromatic heterocycles. The predicted molar refractivity (Wildman–Crippen MR) is 63.3 cm³/mol. The zero-order valence-corrected chi connectivity index (χ0v) is 10.4. The van der Waals surface area contributed by atoms with Gasteiger partial charge in [0.1, 0.15) is 15.9 Å². The maximum atomic E-state index is 11.9. The Morgan fingerprint density at radius 1 is 1.41 bits per heavy atom. The lowest BCUT2D eigenvalue weighted by atomic mass is 10.5. The van der Waals surface area contributed by atoms with E-state index in [1.54, 1.807) is 19.2 Å². The van der Waals surface area contributed by atoms with Gasteiger partial charge in [-0.3, -0.25) is 9.40 Å². The van der Waals surface area contributed by atoms with Gasteiger partial charge in [0.15, 0.2) is 0 Å². The Balaban J connectivity index is 2.29. The molecule has 0 bridgehead atoms. The molecule has 0 aromatic carbocycles. The van der Waals surface area contributed by atoms with Gasteiger partial charge in [0, 0.05) is 13.2 Å². The molecule has 0 aliphatic carbocycles. The Labute approximate surface area is 103 Å². The summed E-state index contributed by atoms with van der Waals surface area (Å²) in [6.07, 6.45) is 2.65. The normalized spacial score (nSPS) is 11.4. The molecule has 17 heavy (non-hydrogen) atoms. The van der Waals surface area contributed by atoms with Crippen LogP contribution in [0.5, 0.6) is 0 Å². The first kappa shape index (κ1) is 11.9. The van der Waals surface area contributed by atoms with Crippen LogP contribution in [0.3, 0.4) is 0 Å². The highest BCUT2D eigenvalue weighted by molar-refractivity contribution is 7.92. The van der Waals surface area contributed by atoms with Crippen molar-refractivity contribution in [1.82, 2.24) is 14.8 Å². The van der Waals surface area contributed by atoms with Gasteiger partial charge in [-0.15, -0.1) is 0 Å². The lowest BCUT2D eigenvalue weighted by Gasteiger charge is -2.04. The number of nitrogens with zero attached hydrogens (tertiary/aromatic N) is 3. The summed E-state index contributed by atoms with van der Waals surface area (Å²) in [4.78, 5) is 3.91. The van der Waals surface area contributed by atoms with Crippen molar-refractivity contribution in [3.63, 3.8) is 0 Å². The molecule has 2 heterocycles. The SMILES string of the molecule is Cn1cc(S(=O)(=O)Nc2cccc(Cl)n2)cn1. The molecule has 2 aromatic rings. The molecule has 0 saturated heterocycles. The average molecular weight is 273 g/mol. The molecule has 0 fully saturated rings. The number of sulfonamides is 1. The number of nitrogens with one attached hydrogen (secondary N) is 1. The number of aromatic nitrogens is 3. The van der Waals surface area contributed by atoms with Gasteiger partial charge in [0.25, 0.3) is 10.0 Å². The van der Waals surface area contributed by atoms with E-state index < -0.39 is 10.0 Å². The van der Waals surface area contributed by atoms with E-state index in [1.807, 2.05) is 0 Å². The Kier molecular flexibility index (Phi) is 3.03. The van der Waals surface area contributed by atoms with E-state index >= 15 is 0 Å². The molecule has 8 heteroatoms. The van der Waals surface area contributed by atoms with Crippen molar-refractivity contribution < 1.29 is 8.42 Å². The molecule has 0 atom stereocenters. The van der Waals surface area contributed by atoms with Crippen molar-refractivity contribution in [3.8, 4) is 0 Å². The van der Waals surface area contributed by atoms with Crippen LogP contribution in [0, 0.1) is 0 Å². The molecule has 0 amide bonds. The fourth-order valence-electron chi connectivity index (χ4n) is 1.20. The van der Waals surface area contributed by atoms with Crippen molar-refractivity contribution in [2.75, 3.05) is 4.72 Å². The molecule has 0 radical (unpaired) electrons. The smallest absolute Gasteiger partial charge is 0.266 e. The largest absolute Gasteiger partial charge is 0.274 e. The first-order chi connectivity index (χ1) is 7.97. The van der Waals surface area contributed by atoms with Gasteiger partial charge >= 0.3 is 0 Å². The summed E-state index contributed by atoms with van der Waals surface area (Å²) in [5.74, 6) is 0.168. The van der Waals surface area contributed by atoms with Gasteiger partial charge in [-0.05, 0) is 12.1 Å². The number of anilines is 1. The Bertz CT molecular complexity index is 638. The quantitative estimate of drug-likeness (QED) is 0.854. The van der Waals surface area contributed by atoms with Gasteiger partial charge in [-0.2, -0.15) is 5.10 Å². The summed E-state index contributed by atoms with van der Waals surface area (Å²) in [6, 6.07) is 4.68. The molecule has 1 N–H and O–H groups in total. The van der Waals surface area contributed by atoms with Crippen molar-refractivity contribution in [1.29, 1.82) is 0 Å². The lowest BCUT2D eigenvalue weighted by Crippen LogP contribution is -2.13. The van der Waals surface area contributed by atoms with Crippen molar-refractivity contribution in [3.05, 3.63) is 35.7 Å². The van der Waals surface area contributed by atoms with Crippen LogP contribution < -0.4 is 4.72 Å². The van der Waals surface area contributed by atoms with Gasteiger partial charge < -0.3 is 0 Å². The van der Waals surface area contributed by atoms with Crippen molar-refractivity contribution >= 4 is 27.4 Å². The Hall–Kier alpha value is -1.60. The number of halogens is 1. The van der Waals surface area contributed by atoms with Crippen LogP contribution in [0.15, 0.2) is 35.5 Å². The van der Waals surface area contributed by atoms with Crippen LogP contribution >= 0.6 is 11.6 Å². The topological polar surface area (TPSA) is 76.9 Å². The minimum absolute atomic E-state index is 0.0711. The molecule has 0 unspecified atom stereocenters. The van der Waals surface area contributed by atoms with E-state index in [0.717, 1.165) is 0 Å². The number of pyridine rings is 1. The Morgan fingerprint density at radius 3 is 2.76 bits per heavy atom. The standard InChI is InChI=1S/C9H9ClN4O2S/c1-14-6-7(5-11-14)17(15,16)13-9-4-2-3-8(10)12-9/h2-6H,1H3,(H,12,13). The van der Waals surface area contributed by atoms with Crippen molar-refractivity contribution in [2.24, 2.45) is 7.05 Å². The fraction of sp³-hybridized carbons (Fsp3) is 0.111. The van der Waals surface area contributed by atoms with E-state index in [2.05, 4.69) is 14.8 Å². The second-order valence-corrected chi connectivity index (χ2v) is 5.37. The van der Waals surface area contributed by atoms with Crippen LogP contribution in [-0.2, 0) is 17.1 Å². The Morgan fingerprint density at radius 2 is 2.18 bits per heavy atom. The second kappa shape index (κ2) is 4.34. The summed E-state index contributed by atoms with van der Waals surface area (Å²) in [7, 11) is -2.03. The monoisotopic (exact) mass is 272 g/mol. The van der Waals surface area contributed by atoms with E-state index in [1.165, 1.54) is 23.1 Å². The zero-order chi connectivity index (χ0) is 12.5. The number of hydrogen-bond donors (Lipinski definition) is 1. The van der Waals surface area contributed by atoms with Gasteiger partial charge in [0.2, 0.25) is 0 Å². The zero-order valence-electron chi connectivity index (χ0n) is 8.83. The summed E-state index contributed by atoms with van der Waals surface area (Å²) in [5.41, 5.74) is 0. The molecule has 0 saturated carbocycles. The third-order valence-electron chi connectivity index (χ3n) is 1.95. The van der Waals surface area contributed by atoms with E-state index in [9.17, 15) is 8.42 Å². The summed E-state index contributed by atoms with van der Waals surface area (Å²) >= 11 is 5.66. The van der Waals surface area contributed by atoms with E-state index in [4.69, 9.17) is 11.6 Å². The highest BCUT2D eigenvalue weighted by atomic mass is 35.5.